The normalized spacial score (nSPS) is 10.4. The SMILES string of the molecule is Cc1ccc(C=O)cc1-c1ccc(C)c(F)c1F. The van der Waals surface area contributed by atoms with Crippen LogP contribution in [0.5, 0.6) is 0 Å². The van der Waals surface area contributed by atoms with Gasteiger partial charge in [0.2, 0.25) is 0 Å². The van der Waals surface area contributed by atoms with Crippen LogP contribution in [0, 0.1) is 25.5 Å². The minimum atomic E-state index is -0.874. The van der Waals surface area contributed by atoms with E-state index < -0.39 is 11.6 Å². The van der Waals surface area contributed by atoms with E-state index in [9.17, 15) is 13.6 Å². The third kappa shape index (κ3) is 2.04. The Morgan fingerprint density at radius 2 is 1.56 bits per heavy atom. The molecule has 0 bridgehead atoms. The number of hydrogen-bond donors (Lipinski definition) is 0. The third-order valence-electron chi connectivity index (χ3n) is 2.96. The number of rotatable bonds is 2. The number of aryl methyl sites for hydroxylation is 2. The maximum absolute atomic E-state index is 13.9. The Kier molecular flexibility index (Phi) is 3.24. The molecule has 2 aromatic carbocycles. The number of aldehydes is 1. The van der Waals surface area contributed by atoms with Gasteiger partial charge in [-0.1, -0.05) is 24.3 Å². The summed E-state index contributed by atoms with van der Waals surface area (Å²) < 4.78 is 27.4. The average Bonchev–Trinajstić information content (AvgIpc) is 2.37. The fourth-order valence-electron chi connectivity index (χ4n) is 1.86. The molecular weight excluding hydrogens is 234 g/mol. The summed E-state index contributed by atoms with van der Waals surface area (Å²) in [6, 6.07) is 7.99. The highest BCUT2D eigenvalue weighted by molar-refractivity contribution is 5.80. The van der Waals surface area contributed by atoms with Crippen LogP contribution < -0.4 is 0 Å². The molecule has 0 N–H and O–H groups in total. The van der Waals surface area contributed by atoms with Gasteiger partial charge in [-0.25, -0.2) is 8.78 Å². The van der Waals surface area contributed by atoms with Crippen molar-refractivity contribution in [2.45, 2.75) is 13.8 Å². The molecule has 0 heterocycles. The standard InChI is InChI=1S/C15H12F2O/c1-9-3-5-11(8-18)7-13(9)12-6-4-10(2)14(16)15(12)17/h3-8H,1-2H3. The van der Waals surface area contributed by atoms with E-state index in [1.807, 2.05) is 0 Å². The first-order chi connectivity index (χ1) is 8.54. The maximum atomic E-state index is 13.9. The summed E-state index contributed by atoms with van der Waals surface area (Å²) in [5, 5.41) is 0. The van der Waals surface area contributed by atoms with Crippen molar-refractivity contribution in [3.05, 3.63) is 58.7 Å². The number of hydrogen-bond acceptors (Lipinski definition) is 1. The molecule has 1 nitrogen and oxygen atoms in total. The zero-order valence-corrected chi connectivity index (χ0v) is 10.1. The van der Waals surface area contributed by atoms with E-state index in [1.165, 1.54) is 19.1 Å². The monoisotopic (exact) mass is 246 g/mol. The molecule has 18 heavy (non-hydrogen) atoms. The van der Waals surface area contributed by atoms with Gasteiger partial charge in [0, 0.05) is 11.1 Å². The molecule has 3 heteroatoms. The maximum Gasteiger partial charge on any atom is 0.166 e. The summed E-state index contributed by atoms with van der Waals surface area (Å²) in [5.74, 6) is -1.72. The zero-order chi connectivity index (χ0) is 13.3. The van der Waals surface area contributed by atoms with E-state index in [0.29, 0.717) is 17.4 Å². The Labute approximate surface area is 104 Å². The van der Waals surface area contributed by atoms with Gasteiger partial charge in [0.15, 0.2) is 11.6 Å². The van der Waals surface area contributed by atoms with Crippen LogP contribution in [0.3, 0.4) is 0 Å². The molecule has 0 saturated carbocycles. The Hall–Kier alpha value is -2.03. The summed E-state index contributed by atoms with van der Waals surface area (Å²) in [7, 11) is 0. The molecule has 2 aromatic rings. The fraction of sp³-hybridized carbons (Fsp3) is 0.133. The smallest absolute Gasteiger partial charge is 0.166 e. The predicted octanol–water partition coefficient (Wildman–Crippen LogP) is 4.06. The van der Waals surface area contributed by atoms with Crippen molar-refractivity contribution in [3.63, 3.8) is 0 Å². The summed E-state index contributed by atoms with van der Waals surface area (Å²) in [6.07, 6.45) is 0.686. The van der Waals surface area contributed by atoms with E-state index in [1.54, 1.807) is 25.1 Å². The van der Waals surface area contributed by atoms with Crippen LogP contribution >= 0.6 is 0 Å². The van der Waals surface area contributed by atoms with E-state index in [4.69, 9.17) is 0 Å². The zero-order valence-electron chi connectivity index (χ0n) is 10.1. The lowest BCUT2D eigenvalue weighted by Crippen LogP contribution is -1.95. The number of carbonyl (C=O) groups excluding carboxylic acids is 1. The van der Waals surface area contributed by atoms with Crippen LogP contribution in [0.15, 0.2) is 30.3 Å². The lowest BCUT2D eigenvalue weighted by Gasteiger charge is -2.09. The van der Waals surface area contributed by atoms with E-state index in [2.05, 4.69) is 0 Å². The number of benzene rings is 2. The van der Waals surface area contributed by atoms with Crippen molar-refractivity contribution >= 4 is 6.29 Å². The number of carbonyl (C=O) groups is 1. The molecule has 0 aromatic heterocycles. The average molecular weight is 246 g/mol. The molecule has 0 unspecified atom stereocenters. The molecule has 0 radical (unpaired) electrons. The first-order valence-corrected chi connectivity index (χ1v) is 5.55. The van der Waals surface area contributed by atoms with Crippen LogP contribution in [-0.2, 0) is 0 Å². The van der Waals surface area contributed by atoms with Crippen molar-refractivity contribution in [3.8, 4) is 11.1 Å². The van der Waals surface area contributed by atoms with Crippen LogP contribution in [-0.4, -0.2) is 6.29 Å². The Morgan fingerprint density at radius 1 is 0.889 bits per heavy atom. The Morgan fingerprint density at radius 3 is 2.22 bits per heavy atom. The van der Waals surface area contributed by atoms with Gasteiger partial charge in [-0.2, -0.15) is 0 Å². The van der Waals surface area contributed by atoms with Gasteiger partial charge >= 0.3 is 0 Å². The molecule has 0 spiro atoms. The molecule has 0 aliphatic heterocycles. The minimum absolute atomic E-state index is 0.180. The van der Waals surface area contributed by atoms with E-state index in [-0.39, 0.29) is 11.1 Å². The highest BCUT2D eigenvalue weighted by Gasteiger charge is 2.14. The molecule has 0 aliphatic rings. The van der Waals surface area contributed by atoms with Crippen molar-refractivity contribution < 1.29 is 13.6 Å². The molecule has 0 fully saturated rings. The quantitative estimate of drug-likeness (QED) is 0.730. The Balaban J connectivity index is 2.69. The van der Waals surface area contributed by atoms with Gasteiger partial charge in [-0.3, -0.25) is 4.79 Å². The molecule has 2 rings (SSSR count). The second kappa shape index (κ2) is 4.69. The number of halogens is 2. The second-order valence-corrected chi connectivity index (χ2v) is 4.25. The first-order valence-electron chi connectivity index (χ1n) is 5.55. The van der Waals surface area contributed by atoms with Crippen molar-refractivity contribution in [1.82, 2.24) is 0 Å². The second-order valence-electron chi connectivity index (χ2n) is 4.25. The van der Waals surface area contributed by atoms with Crippen LogP contribution in [0.2, 0.25) is 0 Å². The van der Waals surface area contributed by atoms with Gasteiger partial charge in [-0.15, -0.1) is 0 Å². The van der Waals surface area contributed by atoms with Gasteiger partial charge in [0.25, 0.3) is 0 Å². The summed E-state index contributed by atoms with van der Waals surface area (Å²) in [5.41, 5.74) is 2.22. The molecule has 0 amide bonds. The van der Waals surface area contributed by atoms with Crippen LogP contribution in [0.4, 0.5) is 8.78 Å². The summed E-state index contributed by atoms with van der Waals surface area (Å²) in [6.45, 7) is 3.30. The molecular formula is C15H12F2O. The summed E-state index contributed by atoms with van der Waals surface area (Å²) in [4.78, 5) is 10.7. The highest BCUT2D eigenvalue weighted by Crippen LogP contribution is 2.29. The van der Waals surface area contributed by atoms with Gasteiger partial charge < -0.3 is 0 Å². The Bertz CT molecular complexity index is 618. The van der Waals surface area contributed by atoms with Crippen molar-refractivity contribution in [1.29, 1.82) is 0 Å². The van der Waals surface area contributed by atoms with E-state index >= 15 is 0 Å². The topological polar surface area (TPSA) is 17.1 Å². The third-order valence-corrected chi connectivity index (χ3v) is 2.96. The lowest BCUT2D eigenvalue weighted by molar-refractivity contribution is 0.112. The van der Waals surface area contributed by atoms with Crippen LogP contribution in [0.1, 0.15) is 21.5 Å². The first kappa shape index (κ1) is 12.4. The largest absolute Gasteiger partial charge is 0.298 e. The fourth-order valence-corrected chi connectivity index (χ4v) is 1.86. The van der Waals surface area contributed by atoms with E-state index in [0.717, 1.165) is 5.56 Å². The van der Waals surface area contributed by atoms with Crippen LogP contribution in [0.25, 0.3) is 11.1 Å². The predicted molar refractivity (Wildman–Crippen MR) is 66.7 cm³/mol. The van der Waals surface area contributed by atoms with Gasteiger partial charge in [0.1, 0.15) is 6.29 Å². The minimum Gasteiger partial charge on any atom is -0.298 e. The van der Waals surface area contributed by atoms with Gasteiger partial charge in [-0.05, 0) is 36.6 Å². The highest BCUT2D eigenvalue weighted by atomic mass is 19.2. The molecule has 0 atom stereocenters. The molecule has 0 saturated heterocycles. The molecule has 0 aliphatic carbocycles. The van der Waals surface area contributed by atoms with Gasteiger partial charge in [0.05, 0.1) is 0 Å². The van der Waals surface area contributed by atoms with Crippen molar-refractivity contribution in [2.75, 3.05) is 0 Å². The molecule has 92 valence electrons. The lowest BCUT2D eigenvalue weighted by atomic mass is 9.97. The summed E-state index contributed by atoms with van der Waals surface area (Å²) >= 11 is 0. The van der Waals surface area contributed by atoms with Crippen molar-refractivity contribution in [2.24, 2.45) is 0 Å².